The van der Waals surface area contributed by atoms with E-state index in [2.05, 4.69) is 5.32 Å². The van der Waals surface area contributed by atoms with E-state index in [9.17, 15) is 9.59 Å². The molecule has 0 radical (unpaired) electrons. The van der Waals surface area contributed by atoms with Crippen LogP contribution < -0.4 is 10.1 Å². The number of para-hydroxylation sites is 1. The smallest absolute Gasteiger partial charge is 0.344 e. The van der Waals surface area contributed by atoms with Gasteiger partial charge < -0.3 is 14.8 Å². The summed E-state index contributed by atoms with van der Waals surface area (Å²) in [5.41, 5.74) is 3.36. The Labute approximate surface area is 140 Å². The molecule has 0 saturated carbocycles. The number of fused-ring (bicyclic) bond motifs is 1. The van der Waals surface area contributed by atoms with Crippen molar-refractivity contribution in [2.75, 3.05) is 18.5 Å². The molecule has 1 aliphatic carbocycles. The lowest BCUT2D eigenvalue weighted by atomic mass is 10.1. The van der Waals surface area contributed by atoms with E-state index in [4.69, 9.17) is 9.47 Å². The lowest BCUT2D eigenvalue weighted by Crippen LogP contribution is -2.23. The number of hydrogen-bond donors (Lipinski definition) is 1. The second-order valence-corrected chi connectivity index (χ2v) is 5.65. The third-order valence-electron chi connectivity index (χ3n) is 3.85. The van der Waals surface area contributed by atoms with Gasteiger partial charge in [-0.05, 0) is 54.7 Å². The number of esters is 1. The van der Waals surface area contributed by atoms with E-state index >= 15 is 0 Å². The molecule has 0 saturated heterocycles. The molecule has 3 rings (SSSR count). The molecule has 0 bridgehead atoms. The fourth-order valence-electron chi connectivity index (χ4n) is 2.69. The van der Waals surface area contributed by atoms with E-state index < -0.39 is 5.97 Å². The SMILES string of the molecule is O=C(COC(=O)COc1ccccc1)Nc1ccc2c(c1)CCC2. The van der Waals surface area contributed by atoms with Gasteiger partial charge >= 0.3 is 5.97 Å². The van der Waals surface area contributed by atoms with Crippen LogP contribution >= 0.6 is 0 Å². The van der Waals surface area contributed by atoms with E-state index in [1.807, 2.05) is 36.4 Å². The molecule has 1 amide bonds. The Balaban J connectivity index is 1.41. The minimum Gasteiger partial charge on any atom is -0.482 e. The number of aryl methyl sites for hydroxylation is 2. The Bertz CT molecular complexity index is 727. The van der Waals surface area contributed by atoms with Crippen molar-refractivity contribution >= 4 is 17.6 Å². The molecule has 2 aromatic carbocycles. The van der Waals surface area contributed by atoms with Gasteiger partial charge in [0, 0.05) is 5.69 Å². The van der Waals surface area contributed by atoms with Crippen LogP contribution in [0.25, 0.3) is 0 Å². The molecule has 124 valence electrons. The van der Waals surface area contributed by atoms with Crippen LogP contribution in [-0.4, -0.2) is 25.1 Å². The average Bonchev–Trinajstić information content (AvgIpc) is 3.07. The molecule has 0 atom stereocenters. The first-order valence-corrected chi connectivity index (χ1v) is 7.96. The Morgan fingerprint density at radius 2 is 1.75 bits per heavy atom. The maximum absolute atomic E-state index is 11.9. The zero-order valence-electron chi connectivity index (χ0n) is 13.3. The highest BCUT2D eigenvalue weighted by Gasteiger charge is 2.13. The Morgan fingerprint density at radius 3 is 2.58 bits per heavy atom. The average molecular weight is 325 g/mol. The van der Waals surface area contributed by atoms with Crippen LogP contribution in [0.3, 0.4) is 0 Å². The Kier molecular flexibility index (Phi) is 5.11. The van der Waals surface area contributed by atoms with Crippen LogP contribution in [-0.2, 0) is 27.2 Å². The van der Waals surface area contributed by atoms with Crippen LogP contribution in [0.5, 0.6) is 5.75 Å². The normalized spacial score (nSPS) is 12.3. The topological polar surface area (TPSA) is 64.6 Å². The summed E-state index contributed by atoms with van der Waals surface area (Å²) in [6.07, 6.45) is 3.30. The van der Waals surface area contributed by atoms with Gasteiger partial charge in [-0.2, -0.15) is 0 Å². The fraction of sp³-hybridized carbons (Fsp3) is 0.263. The molecular formula is C19H19NO4. The molecule has 0 fully saturated rings. The second-order valence-electron chi connectivity index (χ2n) is 5.65. The highest BCUT2D eigenvalue weighted by molar-refractivity contribution is 5.93. The molecule has 2 aromatic rings. The molecule has 0 aliphatic heterocycles. The number of rotatable bonds is 6. The van der Waals surface area contributed by atoms with Gasteiger partial charge in [0.05, 0.1) is 0 Å². The highest BCUT2D eigenvalue weighted by Crippen LogP contribution is 2.24. The second kappa shape index (κ2) is 7.64. The molecule has 24 heavy (non-hydrogen) atoms. The number of nitrogens with one attached hydrogen (secondary N) is 1. The zero-order chi connectivity index (χ0) is 16.8. The largest absolute Gasteiger partial charge is 0.482 e. The van der Waals surface area contributed by atoms with Gasteiger partial charge in [-0.15, -0.1) is 0 Å². The molecule has 5 heteroatoms. The van der Waals surface area contributed by atoms with Gasteiger partial charge in [0.2, 0.25) is 0 Å². The number of amides is 1. The summed E-state index contributed by atoms with van der Waals surface area (Å²) in [5, 5.41) is 2.74. The van der Waals surface area contributed by atoms with Crippen molar-refractivity contribution in [1.82, 2.24) is 0 Å². The third-order valence-corrected chi connectivity index (χ3v) is 3.85. The van der Waals surface area contributed by atoms with E-state index in [-0.39, 0.29) is 19.1 Å². The number of ether oxygens (including phenoxy) is 2. The zero-order valence-corrected chi connectivity index (χ0v) is 13.3. The molecule has 0 spiro atoms. The fourth-order valence-corrected chi connectivity index (χ4v) is 2.69. The molecular weight excluding hydrogens is 306 g/mol. The summed E-state index contributed by atoms with van der Waals surface area (Å²) in [5.74, 6) is -0.360. The first-order chi connectivity index (χ1) is 11.7. The molecule has 0 heterocycles. The Hall–Kier alpha value is -2.82. The van der Waals surface area contributed by atoms with Crippen molar-refractivity contribution in [1.29, 1.82) is 0 Å². The minimum absolute atomic E-state index is 0.226. The van der Waals surface area contributed by atoms with Crippen molar-refractivity contribution in [3.8, 4) is 5.75 Å². The van der Waals surface area contributed by atoms with Crippen molar-refractivity contribution in [3.63, 3.8) is 0 Å². The summed E-state index contributed by atoms with van der Waals surface area (Å²) >= 11 is 0. The van der Waals surface area contributed by atoms with Crippen molar-refractivity contribution in [3.05, 3.63) is 59.7 Å². The summed E-state index contributed by atoms with van der Waals surface area (Å²) in [6.45, 7) is -0.551. The summed E-state index contributed by atoms with van der Waals surface area (Å²) in [6, 6.07) is 14.9. The first-order valence-electron chi connectivity index (χ1n) is 7.96. The number of carbonyl (C=O) groups is 2. The van der Waals surface area contributed by atoms with Crippen molar-refractivity contribution in [2.24, 2.45) is 0 Å². The summed E-state index contributed by atoms with van der Waals surface area (Å²) in [4.78, 5) is 23.5. The minimum atomic E-state index is -0.581. The predicted octanol–water partition coefficient (Wildman–Crippen LogP) is 2.74. The first kappa shape index (κ1) is 16.1. The van der Waals surface area contributed by atoms with Gasteiger partial charge in [0.1, 0.15) is 5.75 Å². The Morgan fingerprint density at radius 1 is 0.958 bits per heavy atom. The van der Waals surface area contributed by atoms with E-state index in [1.54, 1.807) is 12.1 Å². The van der Waals surface area contributed by atoms with Crippen LogP contribution in [0.15, 0.2) is 48.5 Å². The molecule has 1 N–H and O–H groups in total. The van der Waals surface area contributed by atoms with E-state index in [0.29, 0.717) is 5.75 Å². The van der Waals surface area contributed by atoms with Crippen LogP contribution in [0.1, 0.15) is 17.5 Å². The number of benzene rings is 2. The monoisotopic (exact) mass is 325 g/mol. The maximum Gasteiger partial charge on any atom is 0.344 e. The van der Waals surface area contributed by atoms with Crippen molar-refractivity contribution < 1.29 is 19.1 Å². The van der Waals surface area contributed by atoms with Gasteiger partial charge in [0.15, 0.2) is 13.2 Å². The highest BCUT2D eigenvalue weighted by atomic mass is 16.6. The van der Waals surface area contributed by atoms with Crippen LogP contribution in [0.2, 0.25) is 0 Å². The van der Waals surface area contributed by atoms with Gasteiger partial charge in [-0.3, -0.25) is 4.79 Å². The quantitative estimate of drug-likeness (QED) is 0.830. The molecule has 0 aromatic heterocycles. The van der Waals surface area contributed by atoms with Crippen LogP contribution in [0, 0.1) is 0 Å². The lowest BCUT2D eigenvalue weighted by Gasteiger charge is -2.09. The molecule has 5 nitrogen and oxygen atoms in total. The standard InChI is InChI=1S/C19H19NO4/c21-18(20-16-10-9-14-5-4-6-15(14)11-16)12-24-19(22)13-23-17-7-2-1-3-8-17/h1-3,7-11H,4-6,12-13H2,(H,20,21). The number of anilines is 1. The molecule has 0 unspecified atom stereocenters. The summed E-state index contributed by atoms with van der Waals surface area (Å²) < 4.78 is 10.2. The van der Waals surface area contributed by atoms with E-state index in [0.717, 1.165) is 24.9 Å². The van der Waals surface area contributed by atoms with Gasteiger partial charge in [-0.1, -0.05) is 24.3 Å². The predicted molar refractivity (Wildman–Crippen MR) is 90.0 cm³/mol. The molecule has 1 aliphatic rings. The summed E-state index contributed by atoms with van der Waals surface area (Å²) in [7, 11) is 0. The lowest BCUT2D eigenvalue weighted by molar-refractivity contribution is -0.149. The van der Waals surface area contributed by atoms with Crippen molar-refractivity contribution in [2.45, 2.75) is 19.3 Å². The van der Waals surface area contributed by atoms with Crippen LogP contribution in [0.4, 0.5) is 5.69 Å². The maximum atomic E-state index is 11.9. The van der Waals surface area contributed by atoms with E-state index in [1.165, 1.54) is 11.1 Å². The third kappa shape index (κ3) is 4.35. The van der Waals surface area contributed by atoms with Gasteiger partial charge in [-0.25, -0.2) is 4.79 Å². The van der Waals surface area contributed by atoms with Gasteiger partial charge in [0.25, 0.3) is 5.91 Å². The number of hydrogen-bond acceptors (Lipinski definition) is 4. The number of carbonyl (C=O) groups excluding carboxylic acids is 2.